The smallest absolute Gasteiger partial charge is 0.405 e. The van der Waals surface area contributed by atoms with E-state index in [9.17, 15) is 22.8 Å². The molecule has 23 heavy (non-hydrogen) atoms. The number of ether oxygens (including phenoxy) is 1. The summed E-state index contributed by atoms with van der Waals surface area (Å²) in [4.78, 5) is 25.4. The second-order valence-corrected chi connectivity index (χ2v) is 5.72. The van der Waals surface area contributed by atoms with Crippen LogP contribution in [0.15, 0.2) is 24.3 Å². The maximum absolute atomic E-state index is 12.5. The molecule has 0 aromatic heterocycles. The Kier molecular flexibility index (Phi) is 3.91. The lowest BCUT2D eigenvalue weighted by Crippen LogP contribution is -2.47. The van der Waals surface area contributed by atoms with E-state index in [-0.39, 0.29) is 23.4 Å². The molecule has 8 heteroatoms. The van der Waals surface area contributed by atoms with Crippen molar-refractivity contribution in [2.24, 2.45) is 5.92 Å². The van der Waals surface area contributed by atoms with Crippen LogP contribution >= 0.6 is 0 Å². The Morgan fingerprint density at radius 1 is 1.30 bits per heavy atom. The molecular formula is C15H15F3N2O3. The number of piperidine rings is 1. The number of rotatable bonds is 2. The van der Waals surface area contributed by atoms with Gasteiger partial charge in [0, 0.05) is 31.5 Å². The maximum atomic E-state index is 12.5. The fraction of sp³-hybridized carbons (Fsp3) is 0.467. The molecule has 2 atom stereocenters. The minimum atomic E-state index is -4.86. The lowest BCUT2D eigenvalue weighted by Gasteiger charge is -2.34. The number of nitrogens with zero attached hydrogens (tertiary/aromatic N) is 1. The van der Waals surface area contributed by atoms with Crippen LogP contribution in [0.1, 0.15) is 23.2 Å². The molecule has 0 unspecified atom stereocenters. The van der Waals surface area contributed by atoms with Crippen molar-refractivity contribution < 1.29 is 27.5 Å². The van der Waals surface area contributed by atoms with Crippen molar-refractivity contribution in [1.82, 2.24) is 10.2 Å². The molecule has 2 aliphatic rings. The third kappa shape index (κ3) is 3.40. The van der Waals surface area contributed by atoms with Gasteiger partial charge in [0.15, 0.2) is 0 Å². The highest BCUT2D eigenvalue weighted by molar-refractivity contribution is 5.97. The number of hydrogen-bond acceptors (Lipinski definition) is 3. The summed E-state index contributed by atoms with van der Waals surface area (Å²) >= 11 is 0. The van der Waals surface area contributed by atoms with Crippen LogP contribution in [-0.2, 0) is 4.79 Å². The van der Waals surface area contributed by atoms with Gasteiger partial charge in [0.1, 0.15) is 5.75 Å². The van der Waals surface area contributed by atoms with E-state index in [0.29, 0.717) is 25.9 Å². The van der Waals surface area contributed by atoms with Gasteiger partial charge in [0.25, 0.3) is 5.91 Å². The fourth-order valence-electron chi connectivity index (χ4n) is 3.14. The molecule has 2 aliphatic heterocycles. The van der Waals surface area contributed by atoms with Crippen molar-refractivity contribution in [3.63, 3.8) is 0 Å². The summed E-state index contributed by atoms with van der Waals surface area (Å²) in [6.07, 6.45) is -3.91. The van der Waals surface area contributed by atoms with Crippen LogP contribution in [0.3, 0.4) is 0 Å². The number of benzene rings is 1. The van der Waals surface area contributed by atoms with E-state index in [1.807, 2.05) is 0 Å². The van der Waals surface area contributed by atoms with Gasteiger partial charge in [0.2, 0.25) is 5.91 Å². The highest BCUT2D eigenvalue weighted by Crippen LogP contribution is 2.30. The van der Waals surface area contributed by atoms with Crippen molar-refractivity contribution in [2.75, 3.05) is 13.1 Å². The minimum Gasteiger partial charge on any atom is -0.405 e. The topological polar surface area (TPSA) is 58.6 Å². The van der Waals surface area contributed by atoms with E-state index in [1.54, 1.807) is 0 Å². The molecule has 5 nitrogen and oxygen atoms in total. The van der Waals surface area contributed by atoms with Gasteiger partial charge in [0.05, 0.1) is 5.56 Å². The number of para-hydroxylation sites is 1. The predicted octanol–water partition coefficient (Wildman–Crippen LogP) is 1.94. The van der Waals surface area contributed by atoms with Gasteiger partial charge in [-0.25, -0.2) is 0 Å². The number of hydrogen-bond donors (Lipinski definition) is 1. The third-order valence-electron chi connectivity index (χ3n) is 4.16. The van der Waals surface area contributed by atoms with Crippen LogP contribution in [0.2, 0.25) is 0 Å². The molecule has 0 radical (unpaired) electrons. The highest BCUT2D eigenvalue weighted by Gasteiger charge is 2.39. The molecule has 3 rings (SSSR count). The van der Waals surface area contributed by atoms with Crippen LogP contribution in [0.4, 0.5) is 13.2 Å². The predicted molar refractivity (Wildman–Crippen MR) is 73.7 cm³/mol. The summed E-state index contributed by atoms with van der Waals surface area (Å²) in [7, 11) is 0. The molecule has 2 amide bonds. The maximum Gasteiger partial charge on any atom is 0.573 e. The highest BCUT2D eigenvalue weighted by atomic mass is 19.4. The Morgan fingerprint density at radius 3 is 2.78 bits per heavy atom. The Bertz CT molecular complexity index is 633. The van der Waals surface area contributed by atoms with E-state index >= 15 is 0 Å². The zero-order valence-electron chi connectivity index (χ0n) is 12.1. The molecule has 124 valence electrons. The average molecular weight is 328 g/mol. The van der Waals surface area contributed by atoms with Crippen LogP contribution in [0, 0.1) is 5.92 Å². The number of fused-ring (bicyclic) bond motifs is 1. The molecule has 0 aliphatic carbocycles. The number of carbonyl (C=O) groups is 2. The standard InChI is InChI=1S/C15H15F3N2O3/c16-15(17,18)23-12-4-2-1-3-10(12)14(22)20-6-5-11-9(8-20)7-13(21)19-11/h1-4,9,11H,5-8H2,(H,19,21)/t9-,11+/m1/s1. The molecule has 0 bridgehead atoms. The third-order valence-corrected chi connectivity index (χ3v) is 4.16. The summed E-state index contributed by atoms with van der Waals surface area (Å²) in [6.45, 7) is 0.739. The molecule has 2 heterocycles. The van der Waals surface area contributed by atoms with E-state index < -0.39 is 18.0 Å². The summed E-state index contributed by atoms with van der Waals surface area (Å²) in [5.41, 5.74) is -0.124. The fourth-order valence-corrected chi connectivity index (χ4v) is 3.14. The molecule has 2 fully saturated rings. The quantitative estimate of drug-likeness (QED) is 0.903. The van der Waals surface area contributed by atoms with Crippen molar-refractivity contribution in [2.45, 2.75) is 25.2 Å². The zero-order chi connectivity index (χ0) is 16.6. The minimum absolute atomic E-state index is 0.0101. The molecule has 0 spiro atoms. The van der Waals surface area contributed by atoms with E-state index in [2.05, 4.69) is 10.1 Å². The Balaban J connectivity index is 1.77. The van der Waals surface area contributed by atoms with E-state index in [1.165, 1.54) is 23.1 Å². The van der Waals surface area contributed by atoms with Gasteiger partial charge in [-0.1, -0.05) is 12.1 Å². The SMILES string of the molecule is O=C1C[C@@H]2CN(C(=O)c3ccccc3OC(F)(F)F)CC[C@@H]2N1. The molecular weight excluding hydrogens is 313 g/mol. The summed E-state index contributed by atoms with van der Waals surface area (Å²) in [5, 5.41) is 2.85. The summed E-state index contributed by atoms with van der Waals surface area (Å²) in [5.74, 6) is -1.05. The first-order valence-corrected chi connectivity index (χ1v) is 7.27. The van der Waals surface area contributed by atoms with E-state index in [4.69, 9.17) is 0 Å². The van der Waals surface area contributed by atoms with E-state index in [0.717, 1.165) is 6.07 Å². The number of amides is 2. The Hall–Kier alpha value is -2.25. The largest absolute Gasteiger partial charge is 0.573 e. The van der Waals surface area contributed by atoms with Gasteiger partial charge in [-0.05, 0) is 18.6 Å². The number of carbonyl (C=O) groups excluding carboxylic acids is 2. The lowest BCUT2D eigenvalue weighted by atomic mass is 9.93. The molecule has 0 saturated carbocycles. The van der Waals surface area contributed by atoms with Gasteiger partial charge in [-0.15, -0.1) is 13.2 Å². The van der Waals surface area contributed by atoms with Crippen LogP contribution < -0.4 is 10.1 Å². The van der Waals surface area contributed by atoms with Gasteiger partial charge < -0.3 is 15.0 Å². The summed E-state index contributed by atoms with van der Waals surface area (Å²) in [6, 6.07) is 5.35. The van der Waals surface area contributed by atoms with Crippen molar-refractivity contribution in [3.8, 4) is 5.75 Å². The number of halogens is 3. The average Bonchev–Trinajstić information content (AvgIpc) is 2.84. The second-order valence-electron chi connectivity index (χ2n) is 5.72. The van der Waals surface area contributed by atoms with Crippen molar-refractivity contribution in [1.29, 1.82) is 0 Å². The number of nitrogens with one attached hydrogen (secondary N) is 1. The number of alkyl halides is 3. The van der Waals surface area contributed by atoms with Crippen molar-refractivity contribution in [3.05, 3.63) is 29.8 Å². The molecule has 2 saturated heterocycles. The van der Waals surface area contributed by atoms with Crippen LogP contribution in [-0.4, -0.2) is 42.2 Å². The zero-order valence-corrected chi connectivity index (χ0v) is 12.1. The van der Waals surface area contributed by atoms with Crippen LogP contribution in [0.5, 0.6) is 5.75 Å². The normalized spacial score (nSPS) is 24.1. The van der Waals surface area contributed by atoms with Crippen LogP contribution in [0.25, 0.3) is 0 Å². The Labute approximate surface area is 130 Å². The van der Waals surface area contributed by atoms with Gasteiger partial charge in [-0.3, -0.25) is 9.59 Å². The summed E-state index contributed by atoms with van der Waals surface area (Å²) < 4.78 is 41.3. The lowest BCUT2D eigenvalue weighted by molar-refractivity contribution is -0.274. The first-order valence-electron chi connectivity index (χ1n) is 7.27. The van der Waals surface area contributed by atoms with Crippen molar-refractivity contribution >= 4 is 11.8 Å². The van der Waals surface area contributed by atoms with Gasteiger partial charge in [-0.2, -0.15) is 0 Å². The monoisotopic (exact) mass is 328 g/mol. The molecule has 1 N–H and O–H groups in total. The second kappa shape index (κ2) is 5.75. The first kappa shape index (κ1) is 15.6. The number of likely N-dealkylation sites (tertiary alicyclic amines) is 1. The molecule has 1 aromatic rings. The van der Waals surface area contributed by atoms with Gasteiger partial charge >= 0.3 is 6.36 Å². The molecule has 1 aromatic carbocycles. The Morgan fingerprint density at radius 2 is 2.04 bits per heavy atom. The first-order chi connectivity index (χ1) is 10.8.